The van der Waals surface area contributed by atoms with Crippen LogP contribution in [0.1, 0.15) is 24.0 Å². The van der Waals surface area contributed by atoms with Crippen LogP contribution in [0.25, 0.3) is 16.9 Å². The molecular weight excluding hydrogens is 457 g/mol. The van der Waals surface area contributed by atoms with Gasteiger partial charge in [0.2, 0.25) is 0 Å². The zero-order valence-electron chi connectivity index (χ0n) is 14.5. The van der Waals surface area contributed by atoms with Crippen molar-refractivity contribution in [3.63, 3.8) is 0 Å². The molecule has 9 heteroatoms. The molecule has 0 radical (unpaired) electrons. The summed E-state index contributed by atoms with van der Waals surface area (Å²) in [6.45, 7) is 0.714. The standard InChI is InChI=1S/C19H15BrClF3N4/c20-13-7-11(9-25-10-13)17-14-3-1-2-6-26-18(14)28(27-17)16-8-12(19(22,23)24)4-5-15(16)21/h4-5,7-10,26H,1-3,6H2. The van der Waals surface area contributed by atoms with Gasteiger partial charge in [-0.1, -0.05) is 11.6 Å². The molecule has 0 saturated carbocycles. The van der Waals surface area contributed by atoms with E-state index in [9.17, 15) is 13.2 Å². The number of hydrogen-bond donors (Lipinski definition) is 1. The second-order valence-corrected chi connectivity index (χ2v) is 7.85. The molecule has 0 atom stereocenters. The molecule has 28 heavy (non-hydrogen) atoms. The van der Waals surface area contributed by atoms with E-state index >= 15 is 0 Å². The van der Waals surface area contributed by atoms with E-state index in [-0.39, 0.29) is 10.7 Å². The molecule has 0 fully saturated rings. The Morgan fingerprint density at radius 1 is 1.14 bits per heavy atom. The quantitative estimate of drug-likeness (QED) is 0.490. The van der Waals surface area contributed by atoms with Crippen LogP contribution in [0, 0.1) is 0 Å². The van der Waals surface area contributed by atoms with Crippen LogP contribution in [0.5, 0.6) is 0 Å². The molecule has 4 nitrogen and oxygen atoms in total. The van der Waals surface area contributed by atoms with Gasteiger partial charge in [0.25, 0.3) is 0 Å². The molecule has 1 N–H and O–H groups in total. The first-order chi connectivity index (χ1) is 13.3. The second-order valence-electron chi connectivity index (χ2n) is 6.53. The van der Waals surface area contributed by atoms with Crippen molar-refractivity contribution in [2.45, 2.75) is 25.4 Å². The first kappa shape index (κ1) is 19.3. The lowest BCUT2D eigenvalue weighted by Crippen LogP contribution is -2.10. The SMILES string of the molecule is FC(F)(F)c1ccc(Cl)c(-n2nc(-c3cncc(Br)c3)c3c2NCCCC3)c1. The fraction of sp³-hybridized carbons (Fsp3) is 0.263. The summed E-state index contributed by atoms with van der Waals surface area (Å²) in [6, 6.07) is 5.15. The van der Waals surface area contributed by atoms with Crippen molar-refractivity contribution in [1.29, 1.82) is 0 Å². The molecule has 1 aliphatic rings. The number of rotatable bonds is 2. The third-order valence-electron chi connectivity index (χ3n) is 4.61. The van der Waals surface area contributed by atoms with Gasteiger partial charge in [0.15, 0.2) is 0 Å². The van der Waals surface area contributed by atoms with Crippen molar-refractivity contribution in [3.05, 3.63) is 57.3 Å². The van der Waals surface area contributed by atoms with Gasteiger partial charge in [-0.05, 0) is 59.5 Å². The third kappa shape index (κ3) is 3.63. The van der Waals surface area contributed by atoms with Crippen LogP contribution in [-0.2, 0) is 12.6 Å². The number of halogens is 5. The maximum absolute atomic E-state index is 13.2. The van der Waals surface area contributed by atoms with Gasteiger partial charge >= 0.3 is 6.18 Å². The molecule has 1 aliphatic heterocycles. The normalized spacial score (nSPS) is 14.3. The van der Waals surface area contributed by atoms with Crippen LogP contribution in [0.15, 0.2) is 41.1 Å². The summed E-state index contributed by atoms with van der Waals surface area (Å²) in [4.78, 5) is 4.19. The van der Waals surface area contributed by atoms with Gasteiger partial charge in [-0.15, -0.1) is 0 Å². The highest BCUT2D eigenvalue weighted by molar-refractivity contribution is 9.10. The largest absolute Gasteiger partial charge is 0.416 e. The number of hydrogen-bond acceptors (Lipinski definition) is 3. The number of nitrogens with zero attached hydrogens (tertiary/aromatic N) is 3. The predicted molar refractivity (Wildman–Crippen MR) is 106 cm³/mol. The minimum atomic E-state index is -4.46. The Morgan fingerprint density at radius 3 is 2.71 bits per heavy atom. The summed E-state index contributed by atoms with van der Waals surface area (Å²) < 4.78 is 42.0. The van der Waals surface area contributed by atoms with E-state index in [0.717, 1.165) is 47.0 Å². The second kappa shape index (κ2) is 7.40. The first-order valence-corrected chi connectivity index (χ1v) is 9.85. The van der Waals surface area contributed by atoms with Gasteiger partial charge in [-0.25, -0.2) is 4.68 Å². The lowest BCUT2D eigenvalue weighted by atomic mass is 10.1. The molecule has 146 valence electrons. The monoisotopic (exact) mass is 470 g/mol. The highest BCUT2D eigenvalue weighted by atomic mass is 79.9. The maximum atomic E-state index is 13.2. The van der Waals surface area contributed by atoms with Crippen molar-refractivity contribution in [2.75, 3.05) is 11.9 Å². The van der Waals surface area contributed by atoms with Crippen molar-refractivity contribution in [1.82, 2.24) is 14.8 Å². The molecule has 0 saturated heterocycles. The minimum Gasteiger partial charge on any atom is -0.370 e. The lowest BCUT2D eigenvalue weighted by Gasteiger charge is -2.13. The van der Waals surface area contributed by atoms with Crippen molar-refractivity contribution < 1.29 is 13.2 Å². The molecule has 1 aromatic carbocycles. The van der Waals surface area contributed by atoms with Gasteiger partial charge < -0.3 is 5.32 Å². The maximum Gasteiger partial charge on any atom is 0.416 e. The molecule has 0 bridgehead atoms. The fourth-order valence-corrected chi connectivity index (χ4v) is 3.86. The van der Waals surface area contributed by atoms with E-state index in [2.05, 4.69) is 31.3 Å². The third-order valence-corrected chi connectivity index (χ3v) is 5.36. The van der Waals surface area contributed by atoms with E-state index < -0.39 is 11.7 Å². The highest BCUT2D eigenvalue weighted by Gasteiger charge is 2.32. The number of anilines is 1. The van der Waals surface area contributed by atoms with Crippen LogP contribution in [0.3, 0.4) is 0 Å². The molecule has 2 aromatic heterocycles. The Hall–Kier alpha value is -2.06. The summed E-state index contributed by atoms with van der Waals surface area (Å²) in [6.07, 6.45) is 1.57. The lowest BCUT2D eigenvalue weighted by molar-refractivity contribution is -0.137. The van der Waals surface area contributed by atoms with E-state index in [4.69, 9.17) is 11.6 Å². The van der Waals surface area contributed by atoms with Crippen LogP contribution < -0.4 is 5.32 Å². The Balaban J connectivity index is 1.94. The summed E-state index contributed by atoms with van der Waals surface area (Å²) in [5.74, 6) is 0.675. The van der Waals surface area contributed by atoms with Crippen LogP contribution in [-0.4, -0.2) is 21.3 Å². The smallest absolute Gasteiger partial charge is 0.370 e. The zero-order valence-corrected chi connectivity index (χ0v) is 16.9. The molecule has 4 rings (SSSR count). The Labute approximate surface area is 172 Å². The molecule has 0 amide bonds. The van der Waals surface area contributed by atoms with Gasteiger partial charge in [0.1, 0.15) is 5.82 Å². The van der Waals surface area contributed by atoms with Crippen molar-refractivity contribution >= 4 is 33.3 Å². The summed E-state index contributed by atoms with van der Waals surface area (Å²) in [7, 11) is 0. The van der Waals surface area contributed by atoms with E-state index in [1.165, 1.54) is 10.7 Å². The number of benzene rings is 1. The minimum absolute atomic E-state index is 0.191. The topological polar surface area (TPSA) is 42.7 Å². The Bertz CT molecular complexity index is 1030. The summed E-state index contributed by atoms with van der Waals surface area (Å²) in [5.41, 5.74) is 1.85. The van der Waals surface area contributed by atoms with Gasteiger partial charge in [-0.3, -0.25) is 4.98 Å². The molecule has 0 unspecified atom stereocenters. The highest BCUT2D eigenvalue weighted by Crippen LogP contribution is 2.38. The van der Waals surface area contributed by atoms with Gasteiger partial charge in [0.05, 0.1) is 22.0 Å². The zero-order chi connectivity index (χ0) is 19.9. The van der Waals surface area contributed by atoms with Crippen molar-refractivity contribution in [3.8, 4) is 16.9 Å². The molecule has 0 spiro atoms. The molecule has 3 heterocycles. The van der Waals surface area contributed by atoms with Crippen LogP contribution >= 0.6 is 27.5 Å². The molecular formula is C19H15BrClF3N4. The summed E-state index contributed by atoms with van der Waals surface area (Å²) >= 11 is 9.68. The number of fused-ring (bicyclic) bond motifs is 1. The number of aromatic nitrogens is 3. The number of nitrogens with one attached hydrogen (secondary N) is 1. The van der Waals surface area contributed by atoms with Gasteiger partial charge in [0, 0.05) is 34.5 Å². The Morgan fingerprint density at radius 2 is 1.96 bits per heavy atom. The molecule has 3 aromatic rings. The first-order valence-electron chi connectivity index (χ1n) is 8.68. The van der Waals surface area contributed by atoms with Crippen LogP contribution in [0.2, 0.25) is 5.02 Å². The summed E-state index contributed by atoms with van der Waals surface area (Å²) in [5, 5.41) is 8.15. The Kier molecular flexibility index (Phi) is 5.09. The van der Waals surface area contributed by atoms with E-state index in [0.29, 0.717) is 18.1 Å². The van der Waals surface area contributed by atoms with E-state index in [1.54, 1.807) is 12.4 Å². The average Bonchev–Trinajstić information content (AvgIpc) is 2.82. The average molecular weight is 472 g/mol. The fourth-order valence-electron chi connectivity index (χ4n) is 3.30. The van der Waals surface area contributed by atoms with E-state index in [1.807, 2.05) is 6.07 Å². The number of alkyl halides is 3. The predicted octanol–water partition coefficient (Wildman–Crippen LogP) is 6.12. The number of pyridine rings is 1. The van der Waals surface area contributed by atoms with Crippen LogP contribution in [0.4, 0.5) is 19.0 Å². The molecule has 0 aliphatic carbocycles. The van der Waals surface area contributed by atoms with Gasteiger partial charge in [-0.2, -0.15) is 18.3 Å². The van der Waals surface area contributed by atoms with Crippen molar-refractivity contribution in [2.24, 2.45) is 0 Å².